The number of thioether (sulfide) groups is 1. The maximum atomic E-state index is 13.6. The van der Waals surface area contributed by atoms with Gasteiger partial charge in [-0.15, -0.1) is 5.10 Å². The van der Waals surface area contributed by atoms with Crippen molar-refractivity contribution in [3.63, 3.8) is 0 Å². The highest BCUT2D eigenvalue weighted by molar-refractivity contribution is 7.99. The zero-order valence-electron chi connectivity index (χ0n) is 16.7. The van der Waals surface area contributed by atoms with Crippen LogP contribution in [-0.4, -0.2) is 60.7 Å². The summed E-state index contributed by atoms with van der Waals surface area (Å²) in [7, 11) is 0. The largest absolute Gasteiger partial charge is 0.394 e. The highest BCUT2D eigenvalue weighted by atomic mass is 32.2. The summed E-state index contributed by atoms with van der Waals surface area (Å²) in [5.41, 5.74) is -0.671. The van der Waals surface area contributed by atoms with E-state index >= 15 is 0 Å². The van der Waals surface area contributed by atoms with Crippen LogP contribution in [0.2, 0.25) is 0 Å². The summed E-state index contributed by atoms with van der Waals surface area (Å²) < 4.78 is 47.2. The van der Waals surface area contributed by atoms with Gasteiger partial charge in [-0.05, 0) is 30.3 Å². The predicted molar refractivity (Wildman–Crippen MR) is 109 cm³/mol. The van der Waals surface area contributed by atoms with E-state index in [9.17, 15) is 28.5 Å². The normalized spacial score (nSPS) is 25.1. The average molecular weight is 478 g/mol. The first-order valence-corrected chi connectivity index (χ1v) is 10.6. The number of aliphatic hydroxyl groups is 3. The van der Waals surface area contributed by atoms with E-state index in [0.29, 0.717) is 10.5 Å². The quantitative estimate of drug-likeness (QED) is 0.476. The van der Waals surface area contributed by atoms with Crippen molar-refractivity contribution in [2.24, 2.45) is 0 Å². The second-order valence-corrected chi connectivity index (χ2v) is 8.46. The molecular formula is C21H17F3N4O4S. The van der Waals surface area contributed by atoms with Gasteiger partial charge in [0.2, 0.25) is 0 Å². The van der Waals surface area contributed by atoms with Crippen molar-refractivity contribution in [1.29, 1.82) is 5.26 Å². The number of aromatic nitrogens is 3. The Balaban J connectivity index is 1.64. The van der Waals surface area contributed by atoms with Crippen LogP contribution in [0.15, 0.2) is 47.5 Å². The molecule has 5 atom stereocenters. The van der Waals surface area contributed by atoms with Crippen molar-refractivity contribution in [2.75, 3.05) is 6.61 Å². The van der Waals surface area contributed by atoms with Gasteiger partial charge in [0, 0.05) is 10.5 Å². The fraction of sp³-hybridized carbons (Fsp3) is 0.286. The van der Waals surface area contributed by atoms with E-state index in [2.05, 4.69) is 10.3 Å². The molecule has 1 fully saturated rings. The number of halogens is 3. The highest BCUT2D eigenvalue weighted by Gasteiger charge is 2.46. The van der Waals surface area contributed by atoms with Gasteiger partial charge < -0.3 is 20.1 Å². The van der Waals surface area contributed by atoms with E-state index in [0.717, 1.165) is 28.6 Å². The number of nitrogens with zero attached hydrogens (tertiary/aromatic N) is 4. The van der Waals surface area contributed by atoms with Gasteiger partial charge in [-0.3, -0.25) is 0 Å². The van der Waals surface area contributed by atoms with Crippen LogP contribution >= 0.6 is 11.8 Å². The van der Waals surface area contributed by atoms with Crippen LogP contribution in [0.1, 0.15) is 11.6 Å². The van der Waals surface area contributed by atoms with Gasteiger partial charge in [-0.1, -0.05) is 23.0 Å². The summed E-state index contributed by atoms with van der Waals surface area (Å²) in [4.78, 5) is 0.612. The lowest BCUT2D eigenvalue weighted by atomic mass is 9.97. The summed E-state index contributed by atoms with van der Waals surface area (Å²) >= 11 is 1.08. The smallest absolute Gasteiger partial charge is 0.194 e. The molecule has 1 aliphatic rings. The zero-order chi connectivity index (χ0) is 23.7. The van der Waals surface area contributed by atoms with Gasteiger partial charge in [0.1, 0.15) is 35.5 Å². The van der Waals surface area contributed by atoms with E-state index in [-0.39, 0.29) is 11.3 Å². The van der Waals surface area contributed by atoms with Crippen LogP contribution in [0, 0.1) is 28.8 Å². The molecule has 2 heterocycles. The molecule has 0 saturated carbocycles. The fourth-order valence-electron chi connectivity index (χ4n) is 3.51. The van der Waals surface area contributed by atoms with Gasteiger partial charge in [-0.25, -0.2) is 17.9 Å². The van der Waals surface area contributed by atoms with Crippen LogP contribution in [0.25, 0.3) is 11.3 Å². The molecule has 8 nitrogen and oxygen atoms in total. The Morgan fingerprint density at radius 1 is 1.12 bits per heavy atom. The number of nitriles is 1. The van der Waals surface area contributed by atoms with E-state index in [1.165, 1.54) is 6.20 Å². The molecule has 0 aliphatic carbocycles. The maximum Gasteiger partial charge on any atom is 0.194 e. The van der Waals surface area contributed by atoms with E-state index < -0.39 is 53.8 Å². The molecule has 12 heteroatoms. The van der Waals surface area contributed by atoms with Crippen molar-refractivity contribution in [3.8, 4) is 17.3 Å². The Morgan fingerprint density at radius 2 is 1.85 bits per heavy atom. The molecule has 3 N–H and O–H groups in total. The highest BCUT2D eigenvalue weighted by Crippen LogP contribution is 2.38. The lowest BCUT2D eigenvalue weighted by Crippen LogP contribution is -2.55. The lowest BCUT2D eigenvalue weighted by Gasteiger charge is -2.41. The Bertz CT molecular complexity index is 1180. The van der Waals surface area contributed by atoms with Crippen LogP contribution in [0.4, 0.5) is 13.2 Å². The Kier molecular flexibility index (Phi) is 6.68. The Morgan fingerprint density at radius 3 is 2.52 bits per heavy atom. The Labute approximate surface area is 189 Å². The van der Waals surface area contributed by atoms with Crippen molar-refractivity contribution in [1.82, 2.24) is 15.0 Å². The van der Waals surface area contributed by atoms with Crippen molar-refractivity contribution in [2.45, 2.75) is 34.7 Å². The summed E-state index contributed by atoms with van der Waals surface area (Å²) in [6.45, 7) is -0.560. The number of hydrogen-bond acceptors (Lipinski definition) is 8. The van der Waals surface area contributed by atoms with Crippen LogP contribution < -0.4 is 0 Å². The molecule has 0 amide bonds. The van der Waals surface area contributed by atoms with Gasteiger partial charge >= 0.3 is 0 Å². The first-order valence-electron chi connectivity index (χ1n) is 9.68. The maximum absolute atomic E-state index is 13.6. The van der Waals surface area contributed by atoms with E-state index in [1.807, 2.05) is 6.07 Å². The third-order valence-corrected chi connectivity index (χ3v) is 6.31. The van der Waals surface area contributed by atoms with E-state index in [1.54, 1.807) is 24.3 Å². The van der Waals surface area contributed by atoms with Gasteiger partial charge in [0.15, 0.2) is 17.5 Å². The molecule has 0 radical (unpaired) electrons. The van der Waals surface area contributed by atoms with Crippen molar-refractivity contribution in [3.05, 3.63) is 65.6 Å². The fourth-order valence-corrected chi connectivity index (χ4v) is 4.63. The summed E-state index contributed by atoms with van der Waals surface area (Å²) in [6, 6.07) is 8.96. The number of rotatable bonds is 5. The topological polar surface area (TPSA) is 124 Å². The molecule has 172 valence electrons. The average Bonchev–Trinajstić information content (AvgIpc) is 3.29. The van der Waals surface area contributed by atoms with Gasteiger partial charge in [-0.2, -0.15) is 5.26 Å². The van der Waals surface area contributed by atoms with Crippen LogP contribution in [-0.2, 0) is 4.74 Å². The third-order valence-electron chi connectivity index (χ3n) is 5.16. The molecule has 1 aliphatic heterocycles. The van der Waals surface area contributed by atoms with Crippen molar-refractivity contribution >= 4 is 11.8 Å². The molecule has 0 spiro atoms. The number of hydrogen-bond donors (Lipinski definition) is 3. The van der Waals surface area contributed by atoms with E-state index in [4.69, 9.17) is 10.00 Å². The van der Waals surface area contributed by atoms with Gasteiger partial charge in [0.25, 0.3) is 0 Å². The SMILES string of the molecule is N#Cc1cccc(S[C@H]2OC(CO)[C@H](O)[C@H](n3cc(-c4cc(F)c(F)c(F)c4)nn3)C2O)c1. The first-order chi connectivity index (χ1) is 15.8. The molecule has 1 saturated heterocycles. The summed E-state index contributed by atoms with van der Waals surface area (Å²) in [6.07, 6.45) is -2.59. The second-order valence-electron chi connectivity index (χ2n) is 7.29. The lowest BCUT2D eigenvalue weighted by molar-refractivity contribution is -0.178. The minimum Gasteiger partial charge on any atom is -0.394 e. The second kappa shape index (κ2) is 9.50. The number of ether oxygens (including phenoxy) is 1. The number of aliphatic hydroxyl groups excluding tert-OH is 3. The monoisotopic (exact) mass is 478 g/mol. The predicted octanol–water partition coefficient (Wildman–Crippen LogP) is 2.01. The summed E-state index contributed by atoms with van der Waals surface area (Å²) in [5.74, 6) is -4.42. The van der Waals surface area contributed by atoms with Crippen LogP contribution in [0.3, 0.4) is 0 Å². The standard InChI is InChI=1S/C21H17F3N4O4S/c22-13-5-11(6-14(23)17(13)24)15-8-28(27-26-15)18-19(30)16(9-29)32-21(20(18)31)33-12-3-1-2-10(4-12)7-25/h1-6,8,16,18-21,29-31H,9H2/t16?,18-,19-,20?,21+/m0/s1. The van der Waals surface area contributed by atoms with Gasteiger partial charge in [0.05, 0.1) is 24.4 Å². The molecule has 0 bridgehead atoms. The minimum atomic E-state index is -1.62. The molecule has 2 aromatic carbocycles. The summed E-state index contributed by atoms with van der Waals surface area (Å²) in [5, 5.41) is 48.0. The Hall–Kier alpha value is -2.95. The molecule has 4 rings (SSSR count). The molecular weight excluding hydrogens is 461 g/mol. The van der Waals surface area contributed by atoms with Crippen LogP contribution in [0.5, 0.6) is 0 Å². The molecule has 2 unspecified atom stereocenters. The minimum absolute atomic E-state index is 0.0230. The zero-order valence-corrected chi connectivity index (χ0v) is 17.5. The van der Waals surface area contributed by atoms with Crippen molar-refractivity contribution < 1.29 is 33.2 Å². The third kappa shape index (κ3) is 4.59. The first kappa shape index (κ1) is 23.2. The molecule has 33 heavy (non-hydrogen) atoms. The molecule has 3 aromatic rings. The number of benzene rings is 2. The molecule has 1 aromatic heterocycles.